The van der Waals surface area contributed by atoms with Crippen LogP contribution in [-0.4, -0.2) is 13.0 Å². The molecule has 0 radical (unpaired) electrons. The molecule has 3 rings (SSSR count). The lowest BCUT2D eigenvalue weighted by Gasteiger charge is -2.19. The van der Waals surface area contributed by atoms with Gasteiger partial charge < -0.3 is 14.8 Å². The highest BCUT2D eigenvalue weighted by Crippen LogP contribution is 2.27. The average Bonchev–Trinajstić information content (AvgIpc) is 2.73. The maximum Gasteiger partial charge on any atom is 0.255 e. The van der Waals surface area contributed by atoms with E-state index >= 15 is 0 Å². The molecule has 31 heavy (non-hydrogen) atoms. The van der Waals surface area contributed by atoms with E-state index < -0.39 is 11.7 Å². The second-order valence-electron chi connectivity index (χ2n) is 8.17. The fraction of sp³-hybridized carbons (Fsp3) is 0.240. The van der Waals surface area contributed by atoms with Crippen LogP contribution in [0.4, 0.5) is 10.1 Å². The number of carbonyl (C=O) groups is 1. The molecule has 0 heterocycles. The van der Waals surface area contributed by atoms with Crippen LogP contribution in [0, 0.1) is 5.82 Å². The van der Waals surface area contributed by atoms with E-state index in [-0.39, 0.29) is 17.7 Å². The van der Waals surface area contributed by atoms with Crippen molar-refractivity contribution in [1.29, 1.82) is 0 Å². The Kier molecular flexibility index (Phi) is 7.01. The monoisotopic (exact) mass is 485 g/mol. The zero-order valence-electron chi connectivity index (χ0n) is 18.0. The number of rotatable bonds is 6. The Balaban J connectivity index is 1.75. The van der Waals surface area contributed by atoms with Crippen LogP contribution in [0.1, 0.15) is 42.3 Å². The third kappa shape index (κ3) is 5.85. The summed E-state index contributed by atoms with van der Waals surface area (Å²) in [6, 6.07) is 17.4. The van der Waals surface area contributed by atoms with E-state index in [2.05, 4.69) is 42.0 Å². The fourth-order valence-electron chi connectivity index (χ4n) is 3.03. The van der Waals surface area contributed by atoms with Gasteiger partial charge in [-0.25, -0.2) is 4.39 Å². The van der Waals surface area contributed by atoms with E-state index in [4.69, 9.17) is 9.47 Å². The van der Waals surface area contributed by atoms with Gasteiger partial charge >= 0.3 is 0 Å². The Hall–Kier alpha value is -2.86. The van der Waals surface area contributed by atoms with Crippen molar-refractivity contribution in [3.63, 3.8) is 0 Å². The standard InChI is InChI=1S/C25H25BrFNO3/c1-25(2,3)18-6-9-20(10-7-18)31-15-17-13-16(5-12-23(17)30-4)24(29)28-22-11-8-19(26)14-21(22)27/h5-14H,15H2,1-4H3,(H,28,29). The number of ether oxygens (including phenoxy) is 2. The Morgan fingerprint density at radius 1 is 1.03 bits per heavy atom. The molecule has 0 aliphatic rings. The molecule has 3 aromatic rings. The number of amides is 1. The van der Waals surface area contributed by atoms with Gasteiger partial charge in [0.1, 0.15) is 23.9 Å². The van der Waals surface area contributed by atoms with Gasteiger partial charge in [0.15, 0.2) is 0 Å². The number of nitrogens with one attached hydrogen (secondary N) is 1. The van der Waals surface area contributed by atoms with E-state index in [9.17, 15) is 9.18 Å². The molecular weight excluding hydrogens is 461 g/mol. The largest absolute Gasteiger partial charge is 0.496 e. The topological polar surface area (TPSA) is 47.6 Å². The first-order valence-corrected chi connectivity index (χ1v) is 10.6. The van der Waals surface area contributed by atoms with E-state index in [1.54, 1.807) is 31.4 Å². The minimum Gasteiger partial charge on any atom is -0.496 e. The summed E-state index contributed by atoms with van der Waals surface area (Å²) in [7, 11) is 1.56. The van der Waals surface area contributed by atoms with Crippen molar-refractivity contribution in [1.82, 2.24) is 0 Å². The predicted octanol–water partition coefficient (Wildman–Crippen LogP) is 6.73. The van der Waals surface area contributed by atoms with E-state index in [1.165, 1.54) is 17.7 Å². The quantitative estimate of drug-likeness (QED) is 0.421. The lowest BCUT2D eigenvalue weighted by molar-refractivity contribution is 0.102. The van der Waals surface area contributed by atoms with Crippen LogP contribution >= 0.6 is 15.9 Å². The Bertz CT molecular complexity index is 1080. The summed E-state index contributed by atoms with van der Waals surface area (Å²) in [6.07, 6.45) is 0. The zero-order valence-corrected chi connectivity index (χ0v) is 19.5. The number of methoxy groups -OCH3 is 1. The second-order valence-corrected chi connectivity index (χ2v) is 9.08. The van der Waals surface area contributed by atoms with Crippen LogP contribution in [0.5, 0.6) is 11.5 Å². The van der Waals surface area contributed by atoms with Gasteiger partial charge in [-0.3, -0.25) is 4.79 Å². The molecule has 1 N–H and O–H groups in total. The van der Waals surface area contributed by atoms with Crippen LogP contribution in [0.2, 0.25) is 0 Å². The van der Waals surface area contributed by atoms with Crippen LogP contribution in [0.25, 0.3) is 0 Å². The number of anilines is 1. The molecule has 0 fully saturated rings. The molecule has 0 bridgehead atoms. The number of halogens is 2. The summed E-state index contributed by atoms with van der Waals surface area (Å²) >= 11 is 3.20. The predicted molar refractivity (Wildman–Crippen MR) is 125 cm³/mol. The third-order valence-corrected chi connectivity index (χ3v) is 5.33. The minimum atomic E-state index is -0.515. The Labute approximate surface area is 190 Å². The van der Waals surface area contributed by atoms with Crippen molar-refractivity contribution in [3.05, 3.63) is 87.6 Å². The highest BCUT2D eigenvalue weighted by Gasteiger charge is 2.15. The molecule has 0 aliphatic carbocycles. The van der Waals surface area contributed by atoms with Crippen LogP contribution < -0.4 is 14.8 Å². The van der Waals surface area contributed by atoms with Crippen molar-refractivity contribution in [2.75, 3.05) is 12.4 Å². The van der Waals surface area contributed by atoms with Crippen LogP contribution in [0.15, 0.2) is 65.1 Å². The summed E-state index contributed by atoms with van der Waals surface area (Å²) in [5, 5.41) is 2.60. The third-order valence-electron chi connectivity index (χ3n) is 4.84. The summed E-state index contributed by atoms with van der Waals surface area (Å²) < 4.78 is 26.0. The van der Waals surface area contributed by atoms with E-state index in [0.717, 1.165) is 5.75 Å². The zero-order chi connectivity index (χ0) is 22.6. The summed E-state index contributed by atoms with van der Waals surface area (Å²) in [6.45, 7) is 6.70. The molecule has 0 saturated heterocycles. The molecule has 4 nitrogen and oxygen atoms in total. The SMILES string of the molecule is COc1ccc(C(=O)Nc2ccc(Br)cc2F)cc1COc1ccc(C(C)(C)C)cc1. The molecule has 0 saturated carbocycles. The lowest BCUT2D eigenvalue weighted by atomic mass is 9.87. The normalized spacial score (nSPS) is 11.2. The molecule has 1 amide bonds. The number of benzene rings is 3. The van der Waals surface area contributed by atoms with Gasteiger partial charge in [-0.15, -0.1) is 0 Å². The Morgan fingerprint density at radius 2 is 1.74 bits per heavy atom. The summed E-state index contributed by atoms with van der Waals surface area (Å²) in [5.74, 6) is 0.401. The first-order valence-electron chi connectivity index (χ1n) is 9.84. The maximum atomic E-state index is 14.1. The number of hydrogen-bond donors (Lipinski definition) is 1. The first kappa shape index (κ1) is 22.8. The molecule has 0 spiro atoms. The molecule has 0 atom stereocenters. The van der Waals surface area contributed by atoms with Crippen LogP contribution in [0.3, 0.4) is 0 Å². The highest BCUT2D eigenvalue weighted by atomic mass is 79.9. The fourth-order valence-corrected chi connectivity index (χ4v) is 3.36. The van der Waals surface area contributed by atoms with Gasteiger partial charge in [-0.1, -0.05) is 48.8 Å². The highest BCUT2D eigenvalue weighted by molar-refractivity contribution is 9.10. The average molecular weight is 486 g/mol. The second kappa shape index (κ2) is 9.52. The van der Waals surface area contributed by atoms with Gasteiger partial charge in [-0.2, -0.15) is 0 Å². The van der Waals surface area contributed by atoms with E-state index in [1.807, 2.05) is 24.3 Å². The smallest absolute Gasteiger partial charge is 0.255 e. The van der Waals surface area contributed by atoms with Gasteiger partial charge in [-0.05, 0) is 59.5 Å². The molecule has 0 aliphatic heterocycles. The van der Waals surface area contributed by atoms with Gasteiger partial charge in [0.2, 0.25) is 0 Å². The van der Waals surface area contributed by atoms with Crippen molar-refractivity contribution in [3.8, 4) is 11.5 Å². The first-order chi connectivity index (χ1) is 14.7. The van der Waals surface area contributed by atoms with Crippen molar-refractivity contribution >= 4 is 27.5 Å². The Morgan fingerprint density at radius 3 is 2.35 bits per heavy atom. The van der Waals surface area contributed by atoms with Gasteiger partial charge in [0, 0.05) is 15.6 Å². The summed E-state index contributed by atoms with van der Waals surface area (Å²) in [4.78, 5) is 12.6. The van der Waals surface area contributed by atoms with Crippen molar-refractivity contribution < 1.29 is 18.7 Å². The van der Waals surface area contributed by atoms with Gasteiger partial charge in [0.05, 0.1) is 12.8 Å². The maximum absolute atomic E-state index is 14.1. The lowest BCUT2D eigenvalue weighted by Crippen LogP contribution is -2.14. The number of carbonyl (C=O) groups excluding carboxylic acids is 1. The summed E-state index contributed by atoms with van der Waals surface area (Å²) in [5.41, 5.74) is 2.49. The van der Waals surface area contributed by atoms with Crippen LogP contribution in [-0.2, 0) is 12.0 Å². The van der Waals surface area contributed by atoms with E-state index in [0.29, 0.717) is 21.3 Å². The minimum absolute atomic E-state index is 0.0672. The van der Waals surface area contributed by atoms with Crippen molar-refractivity contribution in [2.45, 2.75) is 32.8 Å². The molecule has 6 heteroatoms. The molecule has 0 aromatic heterocycles. The molecular formula is C25H25BrFNO3. The molecule has 162 valence electrons. The number of hydrogen-bond acceptors (Lipinski definition) is 3. The molecule has 3 aromatic carbocycles. The molecule has 0 unspecified atom stereocenters. The van der Waals surface area contributed by atoms with Crippen molar-refractivity contribution in [2.24, 2.45) is 0 Å². The van der Waals surface area contributed by atoms with Gasteiger partial charge in [0.25, 0.3) is 5.91 Å².